The molecule has 0 heterocycles. The van der Waals surface area contributed by atoms with Crippen LogP contribution in [0.25, 0.3) is 0 Å². The van der Waals surface area contributed by atoms with Crippen LogP contribution in [0.1, 0.15) is 54.9 Å². The minimum atomic E-state index is -1.26. The second-order valence-electron chi connectivity index (χ2n) is 5.63. The Morgan fingerprint density at radius 3 is 2.21 bits per heavy atom. The topological polar surface area (TPSA) is 66.4 Å². The number of nitrogens with one attached hydrogen (secondary N) is 1. The third-order valence-electron chi connectivity index (χ3n) is 3.71. The van der Waals surface area contributed by atoms with Crippen molar-refractivity contribution in [2.24, 2.45) is 0 Å². The smallest absolute Gasteiger partial charge is 0.328 e. The summed E-state index contributed by atoms with van der Waals surface area (Å²) in [6, 6.07) is 7.46. The standard InChI is InChI=1S/C15H19NO3/c1-15(2,14(18)19)16-13(17)12-8-6-11(7-9-12)10-4-3-5-10/h6-10H,3-5H2,1-2H3,(H,16,17)(H,18,19). The van der Waals surface area contributed by atoms with Crippen molar-refractivity contribution in [3.8, 4) is 0 Å². The van der Waals surface area contributed by atoms with Gasteiger partial charge in [0, 0.05) is 5.56 Å². The molecule has 0 spiro atoms. The molecule has 1 aromatic carbocycles. The molecule has 1 saturated carbocycles. The van der Waals surface area contributed by atoms with Gasteiger partial charge in [0.2, 0.25) is 0 Å². The van der Waals surface area contributed by atoms with Crippen LogP contribution in [-0.2, 0) is 4.79 Å². The SMILES string of the molecule is CC(C)(NC(=O)c1ccc(C2CCC2)cc1)C(=O)O. The van der Waals surface area contributed by atoms with Crippen LogP contribution in [-0.4, -0.2) is 22.5 Å². The van der Waals surface area contributed by atoms with Gasteiger partial charge >= 0.3 is 5.97 Å². The van der Waals surface area contributed by atoms with Crippen LogP contribution in [0, 0.1) is 0 Å². The number of amides is 1. The van der Waals surface area contributed by atoms with Gasteiger partial charge in [0.05, 0.1) is 0 Å². The number of carboxylic acids is 1. The lowest BCUT2D eigenvalue weighted by Gasteiger charge is -2.26. The Bertz CT molecular complexity index is 487. The third kappa shape index (κ3) is 2.95. The Kier molecular flexibility index (Phi) is 3.60. The maximum absolute atomic E-state index is 12.0. The predicted molar refractivity (Wildman–Crippen MR) is 72.2 cm³/mol. The van der Waals surface area contributed by atoms with Gasteiger partial charge in [-0.1, -0.05) is 18.6 Å². The number of hydrogen-bond acceptors (Lipinski definition) is 2. The highest BCUT2D eigenvalue weighted by molar-refractivity contribution is 5.97. The van der Waals surface area contributed by atoms with E-state index in [0.29, 0.717) is 11.5 Å². The van der Waals surface area contributed by atoms with Crippen LogP contribution < -0.4 is 5.32 Å². The molecule has 0 radical (unpaired) electrons. The molecule has 0 atom stereocenters. The summed E-state index contributed by atoms with van der Waals surface area (Å²) in [7, 11) is 0. The Balaban J connectivity index is 2.05. The molecule has 19 heavy (non-hydrogen) atoms. The first kappa shape index (κ1) is 13.6. The van der Waals surface area contributed by atoms with Crippen molar-refractivity contribution in [1.82, 2.24) is 5.32 Å². The van der Waals surface area contributed by atoms with Gasteiger partial charge in [0.25, 0.3) is 5.91 Å². The molecule has 1 aliphatic carbocycles. The van der Waals surface area contributed by atoms with Crippen molar-refractivity contribution in [2.45, 2.75) is 44.6 Å². The molecule has 0 unspecified atom stereocenters. The molecule has 0 aliphatic heterocycles. The molecule has 1 aliphatic rings. The molecule has 0 saturated heterocycles. The van der Waals surface area contributed by atoms with Crippen LogP contribution in [0.15, 0.2) is 24.3 Å². The lowest BCUT2D eigenvalue weighted by Crippen LogP contribution is -2.49. The van der Waals surface area contributed by atoms with Gasteiger partial charge in [-0.25, -0.2) is 4.79 Å². The Morgan fingerprint density at radius 2 is 1.79 bits per heavy atom. The summed E-state index contributed by atoms with van der Waals surface area (Å²) in [5.74, 6) is -0.771. The first-order valence-corrected chi connectivity index (χ1v) is 6.56. The zero-order chi connectivity index (χ0) is 14.0. The number of hydrogen-bond donors (Lipinski definition) is 2. The van der Waals surface area contributed by atoms with Crippen LogP contribution in [0.2, 0.25) is 0 Å². The molecule has 0 aromatic heterocycles. The summed E-state index contributed by atoms with van der Waals surface area (Å²) >= 11 is 0. The molecule has 0 bridgehead atoms. The van der Waals surface area contributed by atoms with Gasteiger partial charge in [0.15, 0.2) is 0 Å². The van der Waals surface area contributed by atoms with Crippen LogP contribution in [0.4, 0.5) is 0 Å². The van der Waals surface area contributed by atoms with Gasteiger partial charge in [0.1, 0.15) is 5.54 Å². The van der Waals surface area contributed by atoms with Crippen molar-refractivity contribution in [1.29, 1.82) is 0 Å². The highest BCUT2D eigenvalue weighted by Gasteiger charge is 2.29. The fraction of sp³-hybridized carbons (Fsp3) is 0.467. The van der Waals surface area contributed by atoms with E-state index in [4.69, 9.17) is 5.11 Å². The van der Waals surface area contributed by atoms with Crippen LogP contribution in [0.5, 0.6) is 0 Å². The first-order chi connectivity index (χ1) is 8.90. The average Bonchev–Trinajstić information content (AvgIpc) is 2.26. The van der Waals surface area contributed by atoms with Gasteiger partial charge < -0.3 is 10.4 Å². The molecular weight excluding hydrogens is 242 g/mol. The summed E-state index contributed by atoms with van der Waals surface area (Å²) in [4.78, 5) is 22.9. The minimum Gasteiger partial charge on any atom is -0.480 e. The molecular formula is C15H19NO3. The minimum absolute atomic E-state index is 0.354. The van der Waals surface area contributed by atoms with Gasteiger partial charge in [-0.3, -0.25) is 4.79 Å². The quantitative estimate of drug-likeness (QED) is 0.875. The summed E-state index contributed by atoms with van der Waals surface area (Å²) < 4.78 is 0. The zero-order valence-electron chi connectivity index (χ0n) is 11.3. The Morgan fingerprint density at radius 1 is 1.21 bits per heavy atom. The number of carbonyl (C=O) groups is 2. The van der Waals surface area contributed by atoms with E-state index < -0.39 is 11.5 Å². The van der Waals surface area contributed by atoms with Gasteiger partial charge in [-0.2, -0.15) is 0 Å². The van der Waals surface area contributed by atoms with E-state index >= 15 is 0 Å². The molecule has 1 amide bonds. The predicted octanol–water partition coefficient (Wildman–Crippen LogP) is 2.55. The summed E-state index contributed by atoms with van der Waals surface area (Å²) in [5.41, 5.74) is 0.502. The number of carbonyl (C=O) groups excluding carboxylic acids is 1. The zero-order valence-corrected chi connectivity index (χ0v) is 11.3. The van der Waals surface area contributed by atoms with E-state index in [9.17, 15) is 9.59 Å². The normalized spacial score (nSPS) is 15.7. The maximum atomic E-state index is 12.0. The summed E-state index contributed by atoms with van der Waals surface area (Å²) in [6.45, 7) is 2.94. The van der Waals surface area contributed by atoms with E-state index in [1.165, 1.54) is 38.7 Å². The average molecular weight is 261 g/mol. The number of aliphatic carboxylic acids is 1. The maximum Gasteiger partial charge on any atom is 0.328 e. The second kappa shape index (κ2) is 5.03. The van der Waals surface area contributed by atoms with Crippen molar-refractivity contribution >= 4 is 11.9 Å². The monoisotopic (exact) mass is 261 g/mol. The lowest BCUT2D eigenvalue weighted by molar-refractivity contribution is -0.143. The second-order valence-corrected chi connectivity index (χ2v) is 5.63. The summed E-state index contributed by atoms with van der Waals surface area (Å²) in [6.07, 6.45) is 3.72. The summed E-state index contributed by atoms with van der Waals surface area (Å²) in [5, 5.41) is 11.5. The fourth-order valence-electron chi connectivity index (χ4n) is 2.06. The van der Waals surface area contributed by atoms with Crippen LogP contribution >= 0.6 is 0 Å². The molecule has 1 aromatic rings. The lowest BCUT2D eigenvalue weighted by atomic mass is 9.80. The highest BCUT2D eigenvalue weighted by Crippen LogP contribution is 2.36. The first-order valence-electron chi connectivity index (χ1n) is 6.56. The Hall–Kier alpha value is -1.84. The number of benzene rings is 1. The Labute approximate surface area is 112 Å². The van der Waals surface area contributed by atoms with E-state index in [1.807, 2.05) is 12.1 Å². The van der Waals surface area contributed by atoms with E-state index in [0.717, 1.165) is 0 Å². The molecule has 4 heteroatoms. The largest absolute Gasteiger partial charge is 0.480 e. The van der Waals surface area contributed by atoms with Gasteiger partial charge in [-0.15, -0.1) is 0 Å². The van der Waals surface area contributed by atoms with Crippen LogP contribution in [0.3, 0.4) is 0 Å². The third-order valence-corrected chi connectivity index (χ3v) is 3.71. The van der Waals surface area contributed by atoms with Gasteiger partial charge in [-0.05, 0) is 50.3 Å². The van der Waals surface area contributed by atoms with E-state index in [2.05, 4.69) is 5.32 Å². The van der Waals surface area contributed by atoms with Crippen molar-refractivity contribution in [2.75, 3.05) is 0 Å². The highest BCUT2D eigenvalue weighted by atomic mass is 16.4. The van der Waals surface area contributed by atoms with Crippen molar-refractivity contribution in [3.63, 3.8) is 0 Å². The molecule has 2 N–H and O–H groups in total. The number of rotatable bonds is 4. The number of carboxylic acid groups (broad SMARTS) is 1. The molecule has 2 rings (SSSR count). The molecule has 4 nitrogen and oxygen atoms in total. The van der Waals surface area contributed by atoms with E-state index in [1.54, 1.807) is 12.1 Å². The van der Waals surface area contributed by atoms with Crippen molar-refractivity contribution in [3.05, 3.63) is 35.4 Å². The van der Waals surface area contributed by atoms with E-state index in [-0.39, 0.29) is 5.91 Å². The molecule has 1 fully saturated rings. The van der Waals surface area contributed by atoms with Crippen molar-refractivity contribution < 1.29 is 14.7 Å². The fourth-order valence-corrected chi connectivity index (χ4v) is 2.06. The molecule has 102 valence electrons.